The molecule has 0 saturated heterocycles. The monoisotopic (exact) mass is 345 g/mol. The number of aryl methyl sites for hydroxylation is 1. The minimum Gasteiger partial charge on any atom is -1.00 e. The molecule has 0 unspecified atom stereocenters. The molecule has 1 N–H and O–H groups in total. The zero-order valence-electron chi connectivity index (χ0n) is 9.48. The van der Waals surface area contributed by atoms with Crippen LogP contribution in [0.1, 0.15) is 10.4 Å². The first-order chi connectivity index (χ1) is 7.65. The highest BCUT2D eigenvalue weighted by Crippen LogP contribution is 2.19. The van der Waals surface area contributed by atoms with Crippen LogP contribution in [0.4, 0.5) is 0 Å². The highest BCUT2D eigenvalue weighted by Gasteiger charge is 2.19. The fourth-order valence-corrected chi connectivity index (χ4v) is 1.78. The molecule has 0 fully saturated rings. The molecule has 4 nitrogen and oxygen atoms in total. The highest BCUT2D eigenvalue weighted by molar-refractivity contribution is 6.01. The van der Waals surface area contributed by atoms with Crippen LogP contribution in [0, 0.1) is 0 Å². The van der Waals surface area contributed by atoms with E-state index in [2.05, 4.69) is 0 Å². The van der Waals surface area contributed by atoms with Crippen LogP contribution >= 0.6 is 0 Å². The zero-order chi connectivity index (χ0) is 11.7. The van der Waals surface area contributed by atoms with E-state index in [9.17, 15) is 4.79 Å². The molecule has 90 valence electrons. The van der Waals surface area contributed by atoms with Gasteiger partial charge in [-0.15, -0.1) is 0 Å². The molecule has 17 heavy (non-hydrogen) atoms. The normalized spacial score (nSPS) is 9.76. The smallest absolute Gasteiger partial charge is 0.368 e. The Bertz CT molecular complexity index is 569. The van der Waals surface area contributed by atoms with Gasteiger partial charge in [0.15, 0.2) is 0 Å². The van der Waals surface area contributed by atoms with Crippen LogP contribution in [0.2, 0.25) is 0 Å². The van der Waals surface area contributed by atoms with Crippen molar-refractivity contribution in [2.75, 3.05) is 7.11 Å². The molecule has 5 heteroatoms. The first kappa shape index (κ1) is 13.7. The van der Waals surface area contributed by atoms with Gasteiger partial charge < -0.3 is 33.8 Å². The van der Waals surface area contributed by atoms with E-state index in [4.69, 9.17) is 9.84 Å². The fourth-order valence-electron chi connectivity index (χ4n) is 1.78. The summed E-state index contributed by atoms with van der Waals surface area (Å²) in [6.45, 7) is 0. The largest absolute Gasteiger partial charge is 1.00 e. The second-order valence-electron chi connectivity index (χ2n) is 3.48. The number of methoxy groups -OCH3 is 1. The average Bonchev–Trinajstić information content (AvgIpc) is 2.29. The number of rotatable bonds is 2. The molecule has 0 aliphatic rings. The number of carboxylic acid groups (broad SMARTS) is 1. The Morgan fingerprint density at radius 2 is 2.00 bits per heavy atom. The van der Waals surface area contributed by atoms with Crippen molar-refractivity contribution in [3.05, 3.63) is 35.9 Å². The summed E-state index contributed by atoms with van der Waals surface area (Å²) in [6, 6.07) is 8.88. The molecular weight excluding hydrogens is 333 g/mol. The van der Waals surface area contributed by atoms with Crippen LogP contribution in [-0.4, -0.2) is 18.2 Å². The molecule has 1 aromatic heterocycles. The summed E-state index contributed by atoms with van der Waals surface area (Å²) in [5, 5.41) is 9.84. The molecular formula is C12H12INO3. The second-order valence-corrected chi connectivity index (χ2v) is 3.48. The number of hydrogen-bond acceptors (Lipinski definition) is 2. The molecule has 0 amide bonds. The van der Waals surface area contributed by atoms with E-state index in [0.29, 0.717) is 11.3 Å². The molecule has 0 atom stereocenters. The van der Waals surface area contributed by atoms with Crippen molar-refractivity contribution >= 4 is 16.9 Å². The Balaban J connectivity index is 0.00000144. The number of hydrogen-bond donors (Lipinski definition) is 1. The number of ether oxygens (including phenoxy) is 1. The van der Waals surface area contributed by atoms with E-state index in [1.807, 2.05) is 29.8 Å². The van der Waals surface area contributed by atoms with E-state index in [1.54, 1.807) is 6.07 Å². The van der Waals surface area contributed by atoms with Gasteiger partial charge in [-0.2, -0.15) is 4.57 Å². The van der Waals surface area contributed by atoms with Crippen molar-refractivity contribution in [1.29, 1.82) is 0 Å². The molecule has 0 spiro atoms. The molecule has 0 aliphatic heterocycles. The van der Waals surface area contributed by atoms with Crippen molar-refractivity contribution in [3.8, 4) is 5.88 Å². The first-order valence-corrected chi connectivity index (χ1v) is 4.84. The minimum absolute atomic E-state index is 0. The van der Waals surface area contributed by atoms with Gasteiger partial charge in [0.25, 0.3) is 0 Å². The Morgan fingerprint density at radius 3 is 2.59 bits per heavy atom. The SMILES string of the molecule is COc1cc(C(=O)O)c2ccccc2[n+]1C.[I-]. The van der Waals surface area contributed by atoms with E-state index in [-0.39, 0.29) is 29.5 Å². The molecule has 0 saturated carbocycles. The minimum atomic E-state index is -0.949. The summed E-state index contributed by atoms with van der Waals surface area (Å²) in [4.78, 5) is 11.1. The third-order valence-electron chi connectivity index (χ3n) is 2.59. The lowest BCUT2D eigenvalue weighted by Crippen LogP contribution is -3.00. The second kappa shape index (κ2) is 5.31. The molecule has 0 radical (unpaired) electrons. The number of pyridine rings is 1. The summed E-state index contributed by atoms with van der Waals surface area (Å²) in [5.74, 6) is -0.425. The van der Waals surface area contributed by atoms with Crippen LogP contribution in [0.25, 0.3) is 10.9 Å². The van der Waals surface area contributed by atoms with Crippen molar-refractivity contribution in [2.24, 2.45) is 7.05 Å². The van der Waals surface area contributed by atoms with Crippen LogP contribution in [0.5, 0.6) is 5.88 Å². The molecule has 0 aliphatic carbocycles. The topological polar surface area (TPSA) is 50.4 Å². The number of para-hydroxylation sites is 1. The number of aromatic carboxylic acids is 1. The van der Waals surface area contributed by atoms with Gasteiger partial charge in [0, 0.05) is 6.07 Å². The zero-order valence-corrected chi connectivity index (χ0v) is 11.6. The summed E-state index contributed by atoms with van der Waals surface area (Å²) >= 11 is 0. The van der Waals surface area contributed by atoms with Gasteiger partial charge in [0.1, 0.15) is 7.05 Å². The van der Waals surface area contributed by atoms with Gasteiger partial charge in [0.2, 0.25) is 5.52 Å². The molecule has 1 aromatic carbocycles. The van der Waals surface area contributed by atoms with Crippen molar-refractivity contribution in [2.45, 2.75) is 0 Å². The highest BCUT2D eigenvalue weighted by atomic mass is 127. The lowest BCUT2D eigenvalue weighted by Gasteiger charge is -2.04. The number of aromatic nitrogens is 1. The average molecular weight is 345 g/mol. The van der Waals surface area contributed by atoms with Crippen molar-refractivity contribution in [1.82, 2.24) is 0 Å². The summed E-state index contributed by atoms with van der Waals surface area (Å²) in [7, 11) is 3.36. The van der Waals surface area contributed by atoms with Gasteiger partial charge in [0.05, 0.1) is 24.1 Å². The standard InChI is InChI=1S/C12H11NO3.HI/c1-13-10-6-4-3-5-8(10)9(12(14)15)7-11(13)16-2;/h3-7H,1-2H3;1H. The third kappa shape index (κ3) is 2.33. The quantitative estimate of drug-likeness (QED) is 0.526. The molecule has 0 bridgehead atoms. The predicted octanol–water partition coefficient (Wildman–Crippen LogP) is -1.62. The number of nitrogens with zero attached hydrogens (tertiary/aromatic N) is 1. The third-order valence-corrected chi connectivity index (χ3v) is 2.59. The maximum absolute atomic E-state index is 11.1. The van der Waals surface area contributed by atoms with Crippen LogP contribution in [-0.2, 0) is 7.05 Å². The number of halogens is 1. The van der Waals surface area contributed by atoms with Gasteiger partial charge in [-0.05, 0) is 6.07 Å². The van der Waals surface area contributed by atoms with Gasteiger partial charge >= 0.3 is 11.8 Å². The summed E-state index contributed by atoms with van der Waals surface area (Å²) < 4.78 is 6.96. The Kier molecular flexibility index (Phi) is 4.28. The van der Waals surface area contributed by atoms with Gasteiger partial charge in [-0.1, -0.05) is 12.1 Å². The lowest BCUT2D eigenvalue weighted by molar-refractivity contribution is -0.650. The van der Waals surface area contributed by atoms with Crippen molar-refractivity contribution in [3.63, 3.8) is 0 Å². The lowest BCUT2D eigenvalue weighted by atomic mass is 10.1. The first-order valence-electron chi connectivity index (χ1n) is 4.84. The summed E-state index contributed by atoms with van der Waals surface area (Å²) in [6.07, 6.45) is 0. The molecule has 2 rings (SSSR count). The Hall–Kier alpha value is -1.37. The number of carboxylic acids is 1. The van der Waals surface area contributed by atoms with Crippen molar-refractivity contribution < 1.29 is 43.2 Å². The Labute approximate surface area is 116 Å². The van der Waals surface area contributed by atoms with Gasteiger partial charge in [-0.25, -0.2) is 4.79 Å². The van der Waals surface area contributed by atoms with E-state index >= 15 is 0 Å². The number of carbonyl (C=O) groups is 1. The fraction of sp³-hybridized carbons (Fsp3) is 0.167. The Morgan fingerprint density at radius 1 is 1.35 bits per heavy atom. The predicted molar refractivity (Wildman–Crippen MR) is 58.6 cm³/mol. The van der Waals surface area contributed by atoms with E-state index in [1.165, 1.54) is 13.2 Å². The van der Waals surface area contributed by atoms with E-state index in [0.717, 1.165) is 5.52 Å². The number of benzene rings is 1. The number of fused-ring (bicyclic) bond motifs is 1. The van der Waals surface area contributed by atoms with Crippen LogP contribution in [0.3, 0.4) is 0 Å². The maximum atomic E-state index is 11.1. The van der Waals surface area contributed by atoms with Crippen LogP contribution in [0.15, 0.2) is 30.3 Å². The van der Waals surface area contributed by atoms with Gasteiger partial charge in [-0.3, -0.25) is 0 Å². The summed E-state index contributed by atoms with van der Waals surface area (Å²) in [5.41, 5.74) is 1.09. The van der Waals surface area contributed by atoms with Crippen LogP contribution < -0.4 is 33.3 Å². The maximum Gasteiger partial charge on any atom is 0.368 e. The molecule has 1 heterocycles. The molecule has 2 aromatic rings. The van der Waals surface area contributed by atoms with E-state index < -0.39 is 5.97 Å².